The van der Waals surface area contributed by atoms with Gasteiger partial charge in [-0.1, -0.05) is 38.5 Å². The average Bonchev–Trinajstić information content (AvgIpc) is 3.94. The Morgan fingerprint density at radius 2 is 0.867 bits per heavy atom. The third kappa shape index (κ3) is 14.5. The molecule has 60 heavy (non-hydrogen) atoms. The van der Waals surface area contributed by atoms with Gasteiger partial charge in [-0.2, -0.15) is 0 Å². The maximum absolute atomic E-state index is 6.30. The van der Waals surface area contributed by atoms with E-state index in [0.29, 0.717) is 13.2 Å². The van der Waals surface area contributed by atoms with Crippen LogP contribution in [-0.4, -0.2) is 164 Å². The summed E-state index contributed by atoms with van der Waals surface area (Å²) in [6, 6.07) is 5.18. The Labute approximate surface area is 379 Å². The molecule has 1 aliphatic carbocycles. The lowest BCUT2D eigenvalue weighted by atomic mass is 9.71. The monoisotopic (exact) mass is 885 g/mol. The van der Waals surface area contributed by atoms with Crippen molar-refractivity contribution in [1.29, 1.82) is 0 Å². The highest BCUT2D eigenvalue weighted by atomic mass is 32.1. The highest BCUT2D eigenvalue weighted by Gasteiger charge is 2.45. The number of unbranched alkanes of at least 4 members (excludes halogenated alkanes) is 6. The number of thiophene rings is 3. The Balaban J connectivity index is 1.26. The average molecular weight is 885 g/mol. The lowest BCUT2D eigenvalue weighted by molar-refractivity contribution is 0.173. The van der Waals surface area contributed by atoms with Crippen molar-refractivity contribution >= 4 is 34.0 Å². The van der Waals surface area contributed by atoms with Crippen LogP contribution < -0.4 is 9.47 Å². The fourth-order valence-corrected chi connectivity index (χ4v) is 13.1. The van der Waals surface area contributed by atoms with Crippen molar-refractivity contribution in [2.75, 3.05) is 135 Å². The molecule has 0 saturated heterocycles. The number of aryl methyl sites for hydroxylation is 2. The molecule has 0 spiro atoms. The molecule has 340 valence electrons. The van der Waals surface area contributed by atoms with Crippen molar-refractivity contribution in [1.82, 2.24) is 29.4 Å². The van der Waals surface area contributed by atoms with Gasteiger partial charge < -0.3 is 38.9 Å². The topological polar surface area (TPSA) is 37.9 Å². The van der Waals surface area contributed by atoms with Gasteiger partial charge in [0, 0.05) is 29.8 Å². The molecule has 2 aliphatic rings. The molecule has 0 unspecified atom stereocenters. The molecule has 8 nitrogen and oxygen atoms in total. The number of rotatable bonds is 31. The molecule has 0 N–H and O–H groups in total. The molecule has 1 aliphatic heterocycles. The van der Waals surface area contributed by atoms with Crippen LogP contribution in [0.1, 0.15) is 111 Å². The number of fused-ring (bicyclic) bond motifs is 4. The quantitative estimate of drug-likeness (QED) is 0.0592. The highest BCUT2D eigenvalue weighted by molar-refractivity contribution is 7.27. The van der Waals surface area contributed by atoms with Crippen LogP contribution in [0.2, 0.25) is 0 Å². The van der Waals surface area contributed by atoms with E-state index in [-0.39, 0.29) is 5.41 Å². The van der Waals surface area contributed by atoms with Gasteiger partial charge in [0.1, 0.15) is 13.2 Å². The van der Waals surface area contributed by atoms with E-state index in [1.54, 1.807) is 16.0 Å². The number of ether oxygens (including phenoxy) is 2. The second-order valence-electron chi connectivity index (χ2n) is 19.0. The van der Waals surface area contributed by atoms with Crippen LogP contribution in [0, 0.1) is 13.8 Å². The summed E-state index contributed by atoms with van der Waals surface area (Å²) in [6.07, 6.45) is 18.0. The van der Waals surface area contributed by atoms with Gasteiger partial charge in [0.15, 0.2) is 11.5 Å². The van der Waals surface area contributed by atoms with Crippen molar-refractivity contribution in [3.8, 4) is 31.0 Å². The molecular formula is C49H84N6O2S3. The third-order valence-corrected chi connectivity index (χ3v) is 16.2. The van der Waals surface area contributed by atoms with Crippen LogP contribution >= 0.6 is 34.0 Å². The second kappa shape index (κ2) is 25.1. The predicted molar refractivity (Wildman–Crippen MR) is 264 cm³/mol. The summed E-state index contributed by atoms with van der Waals surface area (Å²) in [5.41, 5.74) is 3.35. The van der Waals surface area contributed by atoms with Crippen LogP contribution in [0.4, 0.5) is 0 Å². The Kier molecular flexibility index (Phi) is 20.7. The van der Waals surface area contributed by atoms with Gasteiger partial charge in [-0.05, 0) is 210 Å². The number of hydrogen-bond acceptors (Lipinski definition) is 11. The van der Waals surface area contributed by atoms with Gasteiger partial charge in [-0.3, -0.25) is 0 Å². The van der Waals surface area contributed by atoms with E-state index in [0.717, 1.165) is 11.5 Å². The van der Waals surface area contributed by atoms with E-state index in [4.69, 9.17) is 9.47 Å². The molecule has 0 radical (unpaired) electrons. The second-order valence-corrected chi connectivity index (χ2v) is 22.6. The van der Waals surface area contributed by atoms with E-state index < -0.39 is 0 Å². The van der Waals surface area contributed by atoms with Crippen LogP contribution in [0.15, 0.2) is 12.1 Å². The Hall–Kier alpha value is -1.54. The first kappa shape index (κ1) is 49.5. The fraction of sp³-hybridized carbons (Fsp3) is 0.755. The fourth-order valence-electron chi connectivity index (χ4n) is 9.48. The first-order chi connectivity index (χ1) is 28.9. The van der Waals surface area contributed by atoms with Crippen LogP contribution in [0.5, 0.6) is 11.5 Å². The minimum atomic E-state index is 0.0999. The van der Waals surface area contributed by atoms with E-state index in [1.807, 2.05) is 34.0 Å². The summed E-state index contributed by atoms with van der Waals surface area (Å²) in [6.45, 7) is 17.8. The smallest absolute Gasteiger partial charge is 0.181 e. The van der Waals surface area contributed by atoms with Crippen molar-refractivity contribution < 1.29 is 9.47 Å². The van der Waals surface area contributed by atoms with E-state index in [2.05, 4.69) is 112 Å². The zero-order valence-electron chi connectivity index (χ0n) is 39.8. The van der Waals surface area contributed by atoms with Crippen molar-refractivity contribution in [2.45, 2.75) is 109 Å². The van der Waals surface area contributed by atoms with Gasteiger partial charge in [-0.15, -0.1) is 34.0 Å². The molecule has 0 fully saturated rings. The molecule has 0 aromatic carbocycles. The summed E-state index contributed by atoms with van der Waals surface area (Å²) in [5, 5.41) is 0. The SMILES string of the molecule is Cc1cc2c(s1)-c1sc(-c3sc(C)c4c3OCCO4)cc1C2(CCCCCCN(CCCN(C)C)CCCN(C)C)CCCCCCN(CCCN(C)C)CCCN(C)C. The standard InChI is InChI=1S/C49H84N6O2S3/c1-39-37-41-46(58-39)47-42(38-43(60-47)48-45-44(40(2)59-48)56-35-36-57-45)49(41,23-15-11-13-17-29-54(31-19-25-50(3)4)32-20-26-51(5)6)24-16-12-14-18-30-55(33-21-27-52(7)8)34-22-28-53(9)10/h37-38H,11-36H2,1-10H3. The van der Waals surface area contributed by atoms with Crippen LogP contribution in [0.3, 0.4) is 0 Å². The Morgan fingerprint density at radius 1 is 0.450 bits per heavy atom. The molecule has 0 atom stereocenters. The third-order valence-electron chi connectivity index (χ3n) is 12.6. The van der Waals surface area contributed by atoms with Gasteiger partial charge in [0.25, 0.3) is 0 Å². The largest absolute Gasteiger partial charge is 0.485 e. The van der Waals surface area contributed by atoms with Crippen molar-refractivity contribution in [3.63, 3.8) is 0 Å². The summed E-state index contributed by atoms with van der Waals surface area (Å²) in [5.74, 6) is 1.95. The summed E-state index contributed by atoms with van der Waals surface area (Å²) < 4.78 is 12.4. The maximum Gasteiger partial charge on any atom is 0.181 e. The summed E-state index contributed by atoms with van der Waals surface area (Å²) in [4.78, 5) is 23.2. The van der Waals surface area contributed by atoms with Crippen LogP contribution in [0.25, 0.3) is 19.5 Å². The van der Waals surface area contributed by atoms with E-state index in [9.17, 15) is 0 Å². The molecule has 0 amide bonds. The minimum Gasteiger partial charge on any atom is -0.485 e. The molecule has 0 saturated carbocycles. The lowest BCUT2D eigenvalue weighted by Crippen LogP contribution is -2.31. The molecule has 3 aromatic rings. The molecule has 3 aromatic heterocycles. The van der Waals surface area contributed by atoms with E-state index in [1.165, 1.54) is 180 Å². The molecule has 0 bridgehead atoms. The van der Waals surface area contributed by atoms with E-state index >= 15 is 0 Å². The Morgan fingerprint density at radius 3 is 1.35 bits per heavy atom. The van der Waals surface area contributed by atoms with Gasteiger partial charge in [0.2, 0.25) is 0 Å². The van der Waals surface area contributed by atoms with Crippen molar-refractivity contribution in [3.05, 3.63) is 33.0 Å². The number of nitrogens with zero attached hydrogens (tertiary/aromatic N) is 6. The molecule has 5 rings (SSSR count). The first-order valence-corrected chi connectivity index (χ1v) is 26.0. The Bertz CT molecular complexity index is 1610. The van der Waals surface area contributed by atoms with Gasteiger partial charge in [-0.25, -0.2) is 0 Å². The normalized spacial score (nSPS) is 14.6. The zero-order chi connectivity index (χ0) is 43.1. The minimum absolute atomic E-state index is 0.0999. The molecule has 11 heteroatoms. The molecular weight excluding hydrogens is 801 g/mol. The predicted octanol–water partition coefficient (Wildman–Crippen LogP) is 10.5. The van der Waals surface area contributed by atoms with Crippen molar-refractivity contribution in [2.24, 2.45) is 0 Å². The first-order valence-electron chi connectivity index (χ1n) is 23.6. The van der Waals surface area contributed by atoms with Gasteiger partial charge >= 0.3 is 0 Å². The summed E-state index contributed by atoms with van der Waals surface area (Å²) in [7, 11) is 17.6. The zero-order valence-corrected chi connectivity index (χ0v) is 42.2. The van der Waals surface area contributed by atoms with Crippen LogP contribution in [-0.2, 0) is 5.41 Å². The lowest BCUT2D eigenvalue weighted by Gasteiger charge is -2.32. The summed E-state index contributed by atoms with van der Waals surface area (Å²) >= 11 is 5.90. The van der Waals surface area contributed by atoms with Gasteiger partial charge in [0.05, 0.1) is 4.88 Å². The molecule has 4 heterocycles. The number of hydrogen-bond donors (Lipinski definition) is 0. The maximum atomic E-state index is 6.30. The highest BCUT2D eigenvalue weighted by Crippen LogP contribution is 2.62.